The number of hydrogen-bond donors (Lipinski definition) is 2. The van der Waals surface area contributed by atoms with E-state index in [1.807, 2.05) is 6.07 Å². The van der Waals surface area contributed by atoms with Crippen molar-refractivity contribution in [3.05, 3.63) is 58.6 Å². The van der Waals surface area contributed by atoms with Crippen LogP contribution in [-0.4, -0.2) is 66.3 Å². The van der Waals surface area contributed by atoms with Crippen LogP contribution in [0.4, 0.5) is 5.69 Å². The Bertz CT molecular complexity index is 1130. The third-order valence-corrected chi connectivity index (χ3v) is 7.85. The van der Waals surface area contributed by atoms with Crippen LogP contribution in [0.25, 0.3) is 0 Å². The van der Waals surface area contributed by atoms with Crippen LogP contribution in [0, 0.1) is 0 Å². The van der Waals surface area contributed by atoms with Gasteiger partial charge in [0.05, 0.1) is 4.90 Å². The number of benzene rings is 2. The maximum Gasteiger partial charge on any atom is 0.255 e. The fourth-order valence-electron chi connectivity index (χ4n) is 3.47. The molecule has 1 aliphatic carbocycles. The molecule has 1 aliphatic heterocycles. The predicted molar refractivity (Wildman–Crippen MR) is 118 cm³/mol. The summed E-state index contributed by atoms with van der Waals surface area (Å²) in [5.41, 5.74) is -0.437. The number of aliphatic hydroxyl groups is 1. The van der Waals surface area contributed by atoms with Gasteiger partial charge in [-0.2, -0.15) is 4.31 Å². The number of piperazine rings is 1. The second-order valence-electron chi connectivity index (χ2n) is 7.72. The Labute approximate surface area is 189 Å². The third kappa shape index (κ3) is 4.67. The second-order valence-corrected chi connectivity index (χ2v) is 10.6. The van der Waals surface area contributed by atoms with Gasteiger partial charge in [0, 0.05) is 41.9 Å². The Morgan fingerprint density at radius 3 is 2.32 bits per heavy atom. The summed E-state index contributed by atoms with van der Waals surface area (Å²) in [5, 5.41) is 12.7. The Kier molecular flexibility index (Phi) is 5.91. The molecule has 1 saturated carbocycles. The van der Waals surface area contributed by atoms with E-state index >= 15 is 0 Å². The summed E-state index contributed by atoms with van der Waals surface area (Å²) in [4.78, 5) is 26.4. The highest BCUT2D eigenvalue weighted by atomic mass is 79.9. The first kappa shape index (κ1) is 21.9. The summed E-state index contributed by atoms with van der Waals surface area (Å²) >= 11 is 3.34. The topological polar surface area (TPSA) is 107 Å². The predicted octanol–water partition coefficient (Wildman–Crippen LogP) is 2.06. The van der Waals surface area contributed by atoms with Crippen molar-refractivity contribution in [2.75, 3.05) is 31.5 Å². The van der Waals surface area contributed by atoms with Crippen LogP contribution in [0.15, 0.2) is 57.9 Å². The first-order valence-corrected chi connectivity index (χ1v) is 12.1. The molecule has 1 heterocycles. The van der Waals surface area contributed by atoms with Crippen LogP contribution < -0.4 is 5.32 Å². The molecular formula is C21H22BrN3O5S. The molecule has 2 aromatic carbocycles. The number of sulfonamides is 1. The van der Waals surface area contributed by atoms with Gasteiger partial charge in [0.25, 0.3) is 11.8 Å². The SMILES string of the molecule is O=C(Nc1cccc(Br)c1)c1cccc(S(=O)(=O)N2CCN(C(=O)C3(O)CC3)CC2)c1. The number of hydrogen-bond acceptors (Lipinski definition) is 5. The van der Waals surface area contributed by atoms with E-state index in [0.29, 0.717) is 18.5 Å². The van der Waals surface area contributed by atoms with E-state index in [1.165, 1.54) is 27.4 Å². The molecule has 10 heteroatoms. The van der Waals surface area contributed by atoms with Crippen LogP contribution in [0.5, 0.6) is 0 Å². The van der Waals surface area contributed by atoms with Crippen molar-refractivity contribution < 1.29 is 23.1 Å². The molecule has 0 radical (unpaired) electrons. The second kappa shape index (κ2) is 8.34. The van der Waals surface area contributed by atoms with Gasteiger partial charge >= 0.3 is 0 Å². The van der Waals surface area contributed by atoms with E-state index in [-0.39, 0.29) is 42.5 Å². The number of amides is 2. The zero-order chi connectivity index (χ0) is 22.2. The molecule has 0 spiro atoms. The Balaban J connectivity index is 1.45. The Morgan fingerprint density at radius 2 is 1.68 bits per heavy atom. The van der Waals surface area contributed by atoms with Gasteiger partial charge in [0.15, 0.2) is 0 Å². The Morgan fingerprint density at radius 1 is 1.00 bits per heavy atom. The van der Waals surface area contributed by atoms with Gasteiger partial charge in [-0.3, -0.25) is 9.59 Å². The number of anilines is 1. The molecule has 2 fully saturated rings. The van der Waals surface area contributed by atoms with Gasteiger partial charge < -0.3 is 15.3 Å². The van der Waals surface area contributed by atoms with Gasteiger partial charge in [-0.1, -0.05) is 28.1 Å². The number of halogens is 1. The molecule has 0 bridgehead atoms. The lowest BCUT2D eigenvalue weighted by Gasteiger charge is -2.35. The number of nitrogens with zero attached hydrogens (tertiary/aromatic N) is 2. The molecule has 2 aromatic rings. The van der Waals surface area contributed by atoms with E-state index in [1.54, 1.807) is 24.3 Å². The van der Waals surface area contributed by atoms with Crippen molar-refractivity contribution in [3.63, 3.8) is 0 Å². The summed E-state index contributed by atoms with van der Waals surface area (Å²) in [5.74, 6) is -0.737. The van der Waals surface area contributed by atoms with Crippen molar-refractivity contribution in [2.24, 2.45) is 0 Å². The molecule has 0 aromatic heterocycles. The van der Waals surface area contributed by atoms with Crippen LogP contribution in [-0.2, 0) is 14.8 Å². The molecule has 164 valence electrons. The van der Waals surface area contributed by atoms with Crippen molar-refractivity contribution in [1.29, 1.82) is 0 Å². The summed E-state index contributed by atoms with van der Waals surface area (Å²) in [6.07, 6.45) is 0.915. The lowest BCUT2D eigenvalue weighted by Crippen LogP contribution is -2.53. The molecule has 1 saturated heterocycles. The van der Waals surface area contributed by atoms with E-state index in [9.17, 15) is 23.1 Å². The molecule has 0 unspecified atom stereocenters. The van der Waals surface area contributed by atoms with Crippen LogP contribution >= 0.6 is 15.9 Å². The van der Waals surface area contributed by atoms with E-state index in [0.717, 1.165) is 4.47 Å². The molecule has 2 N–H and O–H groups in total. The minimum absolute atomic E-state index is 0.0231. The maximum atomic E-state index is 13.1. The van der Waals surface area contributed by atoms with Gasteiger partial charge in [-0.15, -0.1) is 0 Å². The van der Waals surface area contributed by atoms with Crippen LogP contribution in [0.1, 0.15) is 23.2 Å². The average Bonchev–Trinajstić information content (AvgIpc) is 3.52. The van der Waals surface area contributed by atoms with Gasteiger partial charge in [-0.25, -0.2) is 8.42 Å². The Hall–Kier alpha value is -2.27. The number of carbonyl (C=O) groups is 2. The van der Waals surface area contributed by atoms with Gasteiger partial charge in [0.1, 0.15) is 5.60 Å². The summed E-state index contributed by atoms with van der Waals surface area (Å²) in [6.45, 7) is 0.726. The smallest absolute Gasteiger partial charge is 0.255 e. The van der Waals surface area contributed by atoms with Gasteiger partial charge in [0.2, 0.25) is 10.0 Å². The van der Waals surface area contributed by atoms with Crippen LogP contribution in [0.2, 0.25) is 0 Å². The summed E-state index contributed by atoms with van der Waals surface area (Å²) < 4.78 is 28.3. The average molecular weight is 508 g/mol. The van der Waals surface area contributed by atoms with E-state index in [2.05, 4.69) is 21.2 Å². The third-order valence-electron chi connectivity index (χ3n) is 5.46. The molecule has 31 heavy (non-hydrogen) atoms. The highest BCUT2D eigenvalue weighted by molar-refractivity contribution is 9.10. The highest BCUT2D eigenvalue weighted by Gasteiger charge is 2.50. The highest BCUT2D eigenvalue weighted by Crippen LogP contribution is 2.37. The molecule has 2 aliphatic rings. The standard InChI is InChI=1S/C21H22BrN3O5S/c22-16-4-2-5-17(14-16)23-19(26)15-3-1-6-18(13-15)31(29,30)25-11-9-24(10-12-25)20(27)21(28)7-8-21/h1-6,13-14,28H,7-12H2,(H,23,26). The van der Waals surface area contributed by atoms with E-state index in [4.69, 9.17) is 0 Å². The molecule has 0 atom stereocenters. The first-order chi connectivity index (χ1) is 14.7. The lowest BCUT2D eigenvalue weighted by molar-refractivity contribution is -0.143. The zero-order valence-electron chi connectivity index (χ0n) is 16.6. The zero-order valence-corrected chi connectivity index (χ0v) is 19.0. The fourth-order valence-corrected chi connectivity index (χ4v) is 5.34. The summed E-state index contributed by atoms with van der Waals surface area (Å²) in [7, 11) is -3.82. The maximum absolute atomic E-state index is 13.1. The number of nitrogens with one attached hydrogen (secondary N) is 1. The number of rotatable bonds is 5. The van der Waals surface area contributed by atoms with Gasteiger partial charge in [-0.05, 0) is 49.2 Å². The monoisotopic (exact) mass is 507 g/mol. The van der Waals surface area contributed by atoms with Crippen molar-refractivity contribution in [2.45, 2.75) is 23.3 Å². The molecule has 8 nitrogen and oxygen atoms in total. The summed E-state index contributed by atoms with van der Waals surface area (Å²) in [6, 6.07) is 13.0. The molecular weight excluding hydrogens is 486 g/mol. The molecule has 2 amide bonds. The van der Waals surface area contributed by atoms with Crippen molar-refractivity contribution >= 4 is 43.5 Å². The van der Waals surface area contributed by atoms with Crippen molar-refractivity contribution in [1.82, 2.24) is 9.21 Å². The van der Waals surface area contributed by atoms with E-state index < -0.39 is 21.5 Å². The van der Waals surface area contributed by atoms with Crippen molar-refractivity contribution in [3.8, 4) is 0 Å². The lowest BCUT2D eigenvalue weighted by atomic mass is 10.2. The fraction of sp³-hybridized carbons (Fsp3) is 0.333. The number of carbonyl (C=O) groups excluding carboxylic acids is 2. The minimum atomic E-state index is -3.82. The molecule has 4 rings (SSSR count). The quantitative estimate of drug-likeness (QED) is 0.643. The normalized spacial score (nSPS) is 18.5. The first-order valence-electron chi connectivity index (χ1n) is 9.88. The largest absolute Gasteiger partial charge is 0.380 e. The minimum Gasteiger partial charge on any atom is -0.380 e. The van der Waals surface area contributed by atoms with Crippen LogP contribution in [0.3, 0.4) is 0 Å².